The molecule has 13 heavy (non-hydrogen) atoms. The number of methoxy groups -OCH3 is 1. The molecular formula is C8H17NO4. The summed E-state index contributed by atoms with van der Waals surface area (Å²) in [6.07, 6.45) is -0.0901. The van der Waals surface area contributed by atoms with Gasteiger partial charge in [-0.25, -0.2) is 0 Å². The van der Waals surface area contributed by atoms with Crippen LogP contribution >= 0.6 is 0 Å². The standard InChI is InChI=1S/C8H17NO4/c1-8(11,6-9)5-7(10)13-4-3-12-2/h11H,3-6,9H2,1-2H3. The van der Waals surface area contributed by atoms with Gasteiger partial charge in [-0.1, -0.05) is 0 Å². The van der Waals surface area contributed by atoms with Crippen LogP contribution in [0.3, 0.4) is 0 Å². The maximum absolute atomic E-state index is 11.0. The highest BCUT2D eigenvalue weighted by Crippen LogP contribution is 2.07. The van der Waals surface area contributed by atoms with Crippen molar-refractivity contribution in [2.75, 3.05) is 26.9 Å². The molecule has 3 N–H and O–H groups in total. The van der Waals surface area contributed by atoms with Crippen LogP contribution in [-0.2, 0) is 14.3 Å². The molecule has 0 saturated carbocycles. The van der Waals surface area contributed by atoms with Gasteiger partial charge in [0, 0.05) is 13.7 Å². The van der Waals surface area contributed by atoms with Gasteiger partial charge >= 0.3 is 5.97 Å². The first kappa shape index (κ1) is 12.3. The number of esters is 1. The summed E-state index contributed by atoms with van der Waals surface area (Å²) >= 11 is 0. The van der Waals surface area contributed by atoms with E-state index in [1.54, 1.807) is 0 Å². The zero-order valence-corrected chi connectivity index (χ0v) is 8.08. The summed E-state index contributed by atoms with van der Waals surface area (Å²) in [5, 5.41) is 9.39. The Balaban J connectivity index is 3.62. The summed E-state index contributed by atoms with van der Waals surface area (Å²) < 4.78 is 9.42. The number of hydrogen-bond acceptors (Lipinski definition) is 5. The average Bonchev–Trinajstić information content (AvgIpc) is 2.04. The Morgan fingerprint density at radius 2 is 2.15 bits per heavy atom. The molecule has 0 rings (SSSR count). The summed E-state index contributed by atoms with van der Waals surface area (Å²) in [5.74, 6) is -0.465. The van der Waals surface area contributed by atoms with Gasteiger partial charge in [0.15, 0.2) is 0 Å². The van der Waals surface area contributed by atoms with Gasteiger partial charge in [-0.15, -0.1) is 0 Å². The van der Waals surface area contributed by atoms with E-state index < -0.39 is 11.6 Å². The third-order valence-corrected chi connectivity index (χ3v) is 1.52. The molecule has 0 heterocycles. The van der Waals surface area contributed by atoms with Gasteiger partial charge in [0.2, 0.25) is 0 Å². The van der Waals surface area contributed by atoms with E-state index in [1.165, 1.54) is 14.0 Å². The van der Waals surface area contributed by atoms with Crippen molar-refractivity contribution >= 4 is 5.97 Å². The van der Waals surface area contributed by atoms with Gasteiger partial charge in [0.05, 0.1) is 18.6 Å². The molecule has 0 aromatic carbocycles. The van der Waals surface area contributed by atoms with Gasteiger partial charge in [-0.2, -0.15) is 0 Å². The van der Waals surface area contributed by atoms with Gasteiger partial charge < -0.3 is 20.3 Å². The molecule has 0 radical (unpaired) electrons. The maximum atomic E-state index is 11.0. The third-order valence-electron chi connectivity index (χ3n) is 1.52. The highest BCUT2D eigenvalue weighted by molar-refractivity contribution is 5.70. The van der Waals surface area contributed by atoms with Crippen LogP contribution in [0.4, 0.5) is 0 Å². The fraction of sp³-hybridized carbons (Fsp3) is 0.875. The minimum Gasteiger partial charge on any atom is -0.463 e. The summed E-state index contributed by atoms with van der Waals surface area (Å²) in [6, 6.07) is 0. The Hall–Kier alpha value is -0.650. The number of rotatable bonds is 6. The smallest absolute Gasteiger partial charge is 0.308 e. The van der Waals surface area contributed by atoms with E-state index in [9.17, 15) is 9.90 Å². The highest BCUT2D eigenvalue weighted by Gasteiger charge is 2.23. The van der Waals surface area contributed by atoms with Gasteiger partial charge in [-0.3, -0.25) is 4.79 Å². The van der Waals surface area contributed by atoms with Crippen LogP contribution in [0.1, 0.15) is 13.3 Å². The monoisotopic (exact) mass is 191 g/mol. The molecule has 0 aliphatic carbocycles. The van der Waals surface area contributed by atoms with Crippen molar-refractivity contribution in [3.8, 4) is 0 Å². The lowest BCUT2D eigenvalue weighted by Gasteiger charge is -2.19. The van der Waals surface area contributed by atoms with Crippen molar-refractivity contribution in [3.63, 3.8) is 0 Å². The predicted octanol–water partition coefficient (Wildman–Crippen LogP) is -0.724. The lowest BCUT2D eigenvalue weighted by molar-refractivity contribution is -0.149. The predicted molar refractivity (Wildman–Crippen MR) is 47.1 cm³/mol. The fourth-order valence-corrected chi connectivity index (χ4v) is 0.673. The molecule has 5 heteroatoms. The lowest BCUT2D eigenvalue weighted by Crippen LogP contribution is -2.37. The van der Waals surface area contributed by atoms with Crippen LogP contribution in [-0.4, -0.2) is 43.5 Å². The van der Waals surface area contributed by atoms with E-state index in [-0.39, 0.29) is 19.6 Å². The molecule has 0 amide bonds. The first-order valence-corrected chi connectivity index (χ1v) is 4.09. The van der Waals surface area contributed by atoms with Crippen molar-refractivity contribution in [1.29, 1.82) is 0 Å². The quantitative estimate of drug-likeness (QED) is 0.427. The summed E-state index contributed by atoms with van der Waals surface area (Å²) in [6.45, 7) is 2.09. The molecule has 0 fully saturated rings. The van der Waals surface area contributed by atoms with Crippen molar-refractivity contribution in [1.82, 2.24) is 0 Å². The third kappa shape index (κ3) is 6.51. The number of aliphatic hydroxyl groups is 1. The molecule has 0 aromatic heterocycles. The van der Waals surface area contributed by atoms with Crippen LogP contribution in [0, 0.1) is 0 Å². The molecule has 1 unspecified atom stereocenters. The molecule has 78 valence electrons. The normalized spacial score (nSPS) is 15.1. The van der Waals surface area contributed by atoms with E-state index in [0.29, 0.717) is 6.61 Å². The van der Waals surface area contributed by atoms with E-state index in [1.807, 2.05) is 0 Å². The van der Waals surface area contributed by atoms with Crippen LogP contribution in [0.2, 0.25) is 0 Å². The summed E-state index contributed by atoms with van der Waals surface area (Å²) in [5.41, 5.74) is 4.05. The maximum Gasteiger partial charge on any atom is 0.308 e. The average molecular weight is 191 g/mol. The molecule has 1 atom stereocenters. The van der Waals surface area contributed by atoms with Crippen LogP contribution in [0.15, 0.2) is 0 Å². The zero-order valence-electron chi connectivity index (χ0n) is 8.08. The second-order valence-corrected chi connectivity index (χ2v) is 3.09. The number of hydrogen-bond donors (Lipinski definition) is 2. The second-order valence-electron chi connectivity index (χ2n) is 3.09. The van der Waals surface area contributed by atoms with Crippen LogP contribution in [0.5, 0.6) is 0 Å². The minimum atomic E-state index is -1.18. The SMILES string of the molecule is COCCOC(=O)CC(C)(O)CN. The second kappa shape index (κ2) is 5.90. The summed E-state index contributed by atoms with van der Waals surface area (Å²) in [7, 11) is 1.52. The Labute approximate surface area is 77.8 Å². The van der Waals surface area contributed by atoms with E-state index in [4.69, 9.17) is 10.5 Å². The Bertz CT molecular complexity index is 158. The van der Waals surface area contributed by atoms with Crippen LogP contribution in [0.25, 0.3) is 0 Å². The first-order chi connectivity index (χ1) is 6.02. The summed E-state index contributed by atoms with van der Waals surface area (Å²) in [4.78, 5) is 11.0. The first-order valence-electron chi connectivity index (χ1n) is 4.09. The Morgan fingerprint density at radius 3 is 2.62 bits per heavy atom. The lowest BCUT2D eigenvalue weighted by atomic mass is 10.0. The van der Waals surface area contributed by atoms with Gasteiger partial charge in [0.1, 0.15) is 6.61 Å². The Morgan fingerprint density at radius 1 is 1.54 bits per heavy atom. The molecule has 0 spiro atoms. The van der Waals surface area contributed by atoms with Gasteiger partial charge in [0.25, 0.3) is 0 Å². The van der Waals surface area contributed by atoms with Crippen molar-refractivity contribution < 1.29 is 19.4 Å². The van der Waals surface area contributed by atoms with E-state index in [0.717, 1.165) is 0 Å². The van der Waals surface area contributed by atoms with E-state index in [2.05, 4.69) is 4.74 Å². The topological polar surface area (TPSA) is 81.8 Å². The Kier molecular flexibility index (Phi) is 5.61. The molecular weight excluding hydrogens is 174 g/mol. The fourth-order valence-electron chi connectivity index (χ4n) is 0.673. The largest absolute Gasteiger partial charge is 0.463 e. The zero-order chi connectivity index (χ0) is 10.3. The van der Waals surface area contributed by atoms with Crippen molar-refractivity contribution in [2.24, 2.45) is 5.73 Å². The molecule has 5 nitrogen and oxygen atoms in total. The molecule has 0 bridgehead atoms. The van der Waals surface area contributed by atoms with Crippen molar-refractivity contribution in [2.45, 2.75) is 18.9 Å². The minimum absolute atomic E-state index is 0.0341. The number of carbonyl (C=O) groups is 1. The molecule has 0 saturated heterocycles. The van der Waals surface area contributed by atoms with E-state index >= 15 is 0 Å². The number of nitrogens with two attached hydrogens (primary N) is 1. The number of carbonyl (C=O) groups excluding carboxylic acids is 1. The highest BCUT2D eigenvalue weighted by atomic mass is 16.6. The van der Waals surface area contributed by atoms with Gasteiger partial charge in [-0.05, 0) is 6.92 Å². The molecule has 0 aliphatic rings. The van der Waals surface area contributed by atoms with Crippen molar-refractivity contribution in [3.05, 3.63) is 0 Å². The molecule has 0 aromatic rings. The molecule has 0 aliphatic heterocycles. The van der Waals surface area contributed by atoms with Crippen LogP contribution < -0.4 is 5.73 Å². The number of ether oxygens (including phenoxy) is 2.